The zero-order valence-corrected chi connectivity index (χ0v) is 8.93. The van der Waals surface area contributed by atoms with Gasteiger partial charge in [0.1, 0.15) is 5.82 Å². The first-order valence-corrected chi connectivity index (χ1v) is 5.26. The number of aromatic nitrogens is 1. The predicted molar refractivity (Wildman–Crippen MR) is 64.8 cm³/mol. The van der Waals surface area contributed by atoms with Gasteiger partial charge in [-0.1, -0.05) is 24.3 Å². The van der Waals surface area contributed by atoms with E-state index in [-0.39, 0.29) is 6.61 Å². The SMILES string of the molecule is OCCc1ccc(Nc2ccccc2)nc1. The minimum absolute atomic E-state index is 0.160. The molecule has 0 aliphatic heterocycles. The van der Waals surface area contributed by atoms with Crippen LogP contribution in [0.3, 0.4) is 0 Å². The van der Waals surface area contributed by atoms with Crippen LogP contribution in [0.15, 0.2) is 48.7 Å². The first-order valence-electron chi connectivity index (χ1n) is 5.26. The molecule has 16 heavy (non-hydrogen) atoms. The van der Waals surface area contributed by atoms with Gasteiger partial charge < -0.3 is 10.4 Å². The van der Waals surface area contributed by atoms with E-state index in [4.69, 9.17) is 5.11 Å². The Morgan fingerprint density at radius 1 is 1.06 bits per heavy atom. The van der Waals surface area contributed by atoms with E-state index in [0.717, 1.165) is 17.1 Å². The number of nitrogens with zero attached hydrogens (tertiary/aromatic N) is 1. The smallest absolute Gasteiger partial charge is 0.130 e. The minimum atomic E-state index is 0.160. The van der Waals surface area contributed by atoms with Crippen molar-refractivity contribution in [3.63, 3.8) is 0 Å². The predicted octanol–water partition coefficient (Wildman–Crippen LogP) is 2.36. The lowest BCUT2D eigenvalue weighted by atomic mass is 10.2. The molecule has 0 amide bonds. The van der Waals surface area contributed by atoms with Gasteiger partial charge in [0.2, 0.25) is 0 Å². The summed E-state index contributed by atoms with van der Waals surface area (Å²) >= 11 is 0. The molecule has 0 fully saturated rings. The number of aliphatic hydroxyl groups excluding tert-OH is 1. The van der Waals surface area contributed by atoms with E-state index >= 15 is 0 Å². The minimum Gasteiger partial charge on any atom is -0.396 e. The maximum Gasteiger partial charge on any atom is 0.130 e. The van der Waals surface area contributed by atoms with Crippen LogP contribution < -0.4 is 5.32 Å². The van der Waals surface area contributed by atoms with Gasteiger partial charge in [0, 0.05) is 18.5 Å². The third-order valence-electron chi connectivity index (χ3n) is 2.27. The molecule has 2 rings (SSSR count). The van der Waals surface area contributed by atoms with Crippen molar-refractivity contribution in [3.8, 4) is 0 Å². The highest BCUT2D eigenvalue weighted by molar-refractivity contribution is 5.55. The molecule has 0 unspecified atom stereocenters. The molecule has 0 radical (unpaired) electrons. The molecule has 0 saturated carbocycles. The number of anilines is 2. The number of nitrogens with one attached hydrogen (secondary N) is 1. The summed E-state index contributed by atoms with van der Waals surface area (Å²) in [4.78, 5) is 4.27. The number of rotatable bonds is 4. The Balaban J connectivity index is 2.05. The van der Waals surface area contributed by atoms with Gasteiger partial charge in [-0.2, -0.15) is 0 Å². The van der Waals surface area contributed by atoms with Crippen LogP contribution in [0.4, 0.5) is 11.5 Å². The first kappa shape index (κ1) is 10.6. The van der Waals surface area contributed by atoms with Crippen molar-refractivity contribution >= 4 is 11.5 Å². The average molecular weight is 214 g/mol. The molecule has 1 aromatic heterocycles. The van der Waals surface area contributed by atoms with E-state index < -0.39 is 0 Å². The third kappa shape index (κ3) is 2.81. The van der Waals surface area contributed by atoms with Crippen LogP contribution in [0.25, 0.3) is 0 Å². The molecule has 2 N–H and O–H groups in total. The number of pyridine rings is 1. The molecule has 1 aromatic carbocycles. The van der Waals surface area contributed by atoms with Gasteiger partial charge in [0.05, 0.1) is 0 Å². The lowest BCUT2D eigenvalue weighted by Gasteiger charge is -2.05. The largest absolute Gasteiger partial charge is 0.396 e. The van der Waals surface area contributed by atoms with Crippen molar-refractivity contribution in [2.45, 2.75) is 6.42 Å². The Morgan fingerprint density at radius 2 is 1.88 bits per heavy atom. The van der Waals surface area contributed by atoms with Gasteiger partial charge in [0.15, 0.2) is 0 Å². The number of hydrogen-bond donors (Lipinski definition) is 2. The van der Waals surface area contributed by atoms with Crippen LogP contribution in [0.5, 0.6) is 0 Å². The fraction of sp³-hybridized carbons (Fsp3) is 0.154. The lowest BCUT2D eigenvalue weighted by molar-refractivity contribution is 0.299. The van der Waals surface area contributed by atoms with Crippen LogP contribution in [-0.4, -0.2) is 16.7 Å². The van der Waals surface area contributed by atoms with Crippen molar-refractivity contribution in [2.24, 2.45) is 0 Å². The molecular weight excluding hydrogens is 200 g/mol. The molecule has 0 aliphatic carbocycles. The van der Waals surface area contributed by atoms with Crippen LogP contribution in [0.2, 0.25) is 0 Å². The molecule has 3 heteroatoms. The molecule has 3 nitrogen and oxygen atoms in total. The summed E-state index contributed by atoms with van der Waals surface area (Å²) in [6.07, 6.45) is 2.43. The van der Waals surface area contributed by atoms with Crippen molar-refractivity contribution in [3.05, 3.63) is 54.2 Å². The summed E-state index contributed by atoms with van der Waals surface area (Å²) in [5.74, 6) is 0.813. The number of para-hydroxylation sites is 1. The second kappa shape index (κ2) is 5.28. The van der Waals surface area contributed by atoms with Crippen LogP contribution in [0, 0.1) is 0 Å². The molecule has 2 aromatic rings. The number of aliphatic hydroxyl groups is 1. The summed E-state index contributed by atoms with van der Waals surface area (Å²) in [5.41, 5.74) is 2.06. The van der Waals surface area contributed by atoms with Gasteiger partial charge in [-0.3, -0.25) is 0 Å². The molecule has 0 bridgehead atoms. The average Bonchev–Trinajstić information content (AvgIpc) is 2.33. The molecule has 0 aliphatic rings. The van der Waals surface area contributed by atoms with E-state index in [2.05, 4.69) is 10.3 Å². The van der Waals surface area contributed by atoms with E-state index in [1.54, 1.807) is 6.20 Å². The summed E-state index contributed by atoms with van der Waals surface area (Å²) < 4.78 is 0. The zero-order chi connectivity index (χ0) is 11.2. The van der Waals surface area contributed by atoms with Crippen molar-refractivity contribution in [2.75, 3.05) is 11.9 Å². The van der Waals surface area contributed by atoms with Gasteiger partial charge in [0.25, 0.3) is 0 Å². The summed E-state index contributed by atoms with van der Waals surface area (Å²) in [6, 6.07) is 13.8. The summed E-state index contributed by atoms with van der Waals surface area (Å²) in [6.45, 7) is 0.160. The van der Waals surface area contributed by atoms with Gasteiger partial charge in [-0.05, 0) is 30.2 Å². The van der Waals surface area contributed by atoms with Crippen LogP contribution in [-0.2, 0) is 6.42 Å². The quantitative estimate of drug-likeness (QED) is 0.821. The molecule has 0 spiro atoms. The van der Waals surface area contributed by atoms with E-state index in [1.807, 2.05) is 42.5 Å². The van der Waals surface area contributed by atoms with E-state index in [1.165, 1.54) is 0 Å². The normalized spacial score (nSPS) is 10.1. The molecule has 82 valence electrons. The summed E-state index contributed by atoms with van der Waals surface area (Å²) in [7, 11) is 0. The highest BCUT2D eigenvalue weighted by Gasteiger charge is 1.96. The second-order valence-electron chi connectivity index (χ2n) is 3.52. The third-order valence-corrected chi connectivity index (χ3v) is 2.27. The lowest BCUT2D eigenvalue weighted by Crippen LogP contribution is -1.95. The fourth-order valence-electron chi connectivity index (χ4n) is 1.44. The van der Waals surface area contributed by atoms with Crippen LogP contribution in [0.1, 0.15) is 5.56 Å². The van der Waals surface area contributed by atoms with Crippen molar-refractivity contribution in [1.82, 2.24) is 4.98 Å². The molecule has 0 saturated heterocycles. The summed E-state index contributed by atoms with van der Waals surface area (Å²) in [5, 5.41) is 12.0. The molecule has 1 heterocycles. The van der Waals surface area contributed by atoms with E-state index in [9.17, 15) is 0 Å². The number of hydrogen-bond acceptors (Lipinski definition) is 3. The highest BCUT2D eigenvalue weighted by Crippen LogP contribution is 2.13. The van der Waals surface area contributed by atoms with Crippen molar-refractivity contribution in [1.29, 1.82) is 0 Å². The number of benzene rings is 1. The topological polar surface area (TPSA) is 45.1 Å². The zero-order valence-electron chi connectivity index (χ0n) is 8.93. The monoisotopic (exact) mass is 214 g/mol. The molecular formula is C13H14N2O. The van der Waals surface area contributed by atoms with Crippen LogP contribution >= 0.6 is 0 Å². The van der Waals surface area contributed by atoms with E-state index in [0.29, 0.717) is 6.42 Å². The Bertz CT molecular complexity index is 425. The van der Waals surface area contributed by atoms with Gasteiger partial charge in [-0.15, -0.1) is 0 Å². The second-order valence-corrected chi connectivity index (χ2v) is 3.52. The Labute approximate surface area is 94.8 Å². The Morgan fingerprint density at radius 3 is 2.50 bits per heavy atom. The van der Waals surface area contributed by atoms with Gasteiger partial charge >= 0.3 is 0 Å². The molecule has 0 atom stereocenters. The maximum atomic E-state index is 8.78. The Hall–Kier alpha value is -1.87. The van der Waals surface area contributed by atoms with Gasteiger partial charge in [-0.25, -0.2) is 4.98 Å². The Kier molecular flexibility index (Phi) is 3.51. The first-order chi connectivity index (χ1) is 7.88. The maximum absolute atomic E-state index is 8.78. The highest BCUT2D eigenvalue weighted by atomic mass is 16.2. The van der Waals surface area contributed by atoms with Crippen molar-refractivity contribution < 1.29 is 5.11 Å². The standard InChI is InChI=1S/C13H14N2O/c16-9-8-11-6-7-13(14-10-11)15-12-4-2-1-3-5-12/h1-7,10,16H,8-9H2,(H,14,15). The fourth-order valence-corrected chi connectivity index (χ4v) is 1.44.